The quantitative estimate of drug-likeness (QED) is 0.524. The second-order valence-corrected chi connectivity index (χ2v) is 7.60. The Morgan fingerprint density at radius 3 is 2.57 bits per heavy atom. The lowest BCUT2D eigenvalue weighted by Crippen LogP contribution is -2.26. The maximum Gasteiger partial charge on any atom is 0.416 e. The molecule has 0 spiro atoms. The second-order valence-electron chi connectivity index (χ2n) is 7.60. The van der Waals surface area contributed by atoms with Crippen LogP contribution in [-0.4, -0.2) is 45.9 Å². The molecule has 4 rings (SSSR count). The first-order valence-corrected chi connectivity index (χ1v) is 10.4. The molecule has 1 aliphatic heterocycles. The summed E-state index contributed by atoms with van der Waals surface area (Å²) in [6, 6.07) is 8.66. The third-order valence-electron chi connectivity index (χ3n) is 5.38. The first-order chi connectivity index (χ1) is 14.5. The fourth-order valence-corrected chi connectivity index (χ4v) is 3.84. The molecule has 2 aromatic heterocycles. The molecule has 30 heavy (non-hydrogen) atoms. The Morgan fingerprint density at radius 2 is 1.80 bits per heavy atom. The smallest absolute Gasteiger partial charge is 0.416 e. The van der Waals surface area contributed by atoms with Gasteiger partial charge in [-0.15, -0.1) is 5.10 Å². The van der Waals surface area contributed by atoms with Gasteiger partial charge in [-0.2, -0.15) is 13.2 Å². The van der Waals surface area contributed by atoms with Crippen molar-refractivity contribution >= 4 is 11.0 Å². The monoisotopic (exact) mass is 418 g/mol. The lowest BCUT2D eigenvalue weighted by atomic mass is 10.2. The molecule has 0 radical (unpaired) electrons. The van der Waals surface area contributed by atoms with E-state index < -0.39 is 11.7 Å². The van der Waals surface area contributed by atoms with E-state index in [2.05, 4.69) is 15.0 Å². The molecule has 0 atom stereocenters. The lowest BCUT2D eigenvalue weighted by Gasteiger charge is -2.19. The Morgan fingerprint density at radius 1 is 1.00 bits per heavy atom. The molecular weight excluding hydrogens is 393 g/mol. The van der Waals surface area contributed by atoms with Crippen molar-refractivity contribution in [1.29, 1.82) is 0 Å². The Balaban J connectivity index is 1.50. The van der Waals surface area contributed by atoms with E-state index in [1.165, 1.54) is 36.4 Å². The first kappa shape index (κ1) is 20.7. The van der Waals surface area contributed by atoms with Gasteiger partial charge in [-0.05, 0) is 62.7 Å². The molecule has 160 valence electrons. The standard InChI is InChI=1S/C22H25F3N4O/c23-22(24,25)17-8-5-9-18(16-17)29-20-19(10-6-11-26-20)21(27-29)30-15-7-14-28-12-3-1-2-4-13-28/h5-6,8-11,16H,1-4,7,12-15H2. The largest absolute Gasteiger partial charge is 0.476 e. The van der Waals surface area contributed by atoms with Gasteiger partial charge in [-0.3, -0.25) is 0 Å². The summed E-state index contributed by atoms with van der Waals surface area (Å²) in [5.41, 5.74) is 0.0479. The number of hydrogen-bond acceptors (Lipinski definition) is 4. The highest BCUT2D eigenvalue weighted by atomic mass is 19.4. The van der Waals surface area contributed by atoms with E-state index in [0.29, 0.717) is 29.2 Å². The number of fused-ring (bicyclic) bond motifs is 1. The molecule has 0 N–H and O–H groups in total. The minimum atomic E-state index is -4.42. The van der Waals surface area contributed by atoms with Crippen LogP contribution in [-0.2, 0) is 6.18 Å². The van der Waals surface area contributed by atoms with Crippen molar-refractivity contribution < 1.29 is 17.9 Å². The normalized spacial score (nSPS) is 16.0. The number of likely N-dealkylation sites (tertiary alicyclic amines) is 1. The van der Waals surface area contributed by atoms with Crippen molar-refractivity contribution in [3.63, 3.8) is 0 Å². The van der Waals surface area contributed by atoms with Crippen LogP contribution in [0.1, 0.15) is 37.7 Å². The molecular formula is C22H25F3N4O. The van der Waals surface area contributed by atoms with E-state index in [1.54, 1.807) is 18.3 Å². The van der Waals surface area contributed by atoms with Crippen LogP contribution in [0.15, 0.2) is 42.6 Å². The topological polar surface area (TPSA) is 43.2 Å². The van der Waals surface area contributed by atoms with Crippen molar-refractivity contribution in [1.82, 2.24) is 19.7 Å². The number of ether oxygens (including phenoxy) is 1. The van der Waals surface area contributed by atoms with Crippen LogP contribution in [0.5, 0.6) is 5.88 Å². The van der Waals surface area contributed by atoms with E-state index in [4.69, 9.17) is 4.74 Å². The van der Waals surface area contributed by atoms with Crippen LogP contribution in [0, 0.1) is 0 Å². The number of halogens is 3. The zero-order chi connectivity index (χ0) is 21.0. The van der Waals surface area contributed by atoms with Crippen molar-refractivity contribution in [2.45, 2.75) is 38.3 Å². The van der Waals surface area contributed by atoms with Crippen LogP contribution in [0.3, 0.4) is 0 Å². The molecule has 3 aromatic rings. The molecule has 1 saturated heterocycles. The van der Waals surface area contributed by atoms with Gasteiger partial charge in [-0.25, -0.2) is 9.67 Å². The number of benzene rings is 1. The summed E-state index contributed by atoms with van der Waals surface area (Å²) < 4.78 is 46.7. The van der Waals surface area contributed by atoms with E-state index >= 15 is 0 Å². The zero-order valence-electron chi connectivity index (χ0n) is 16.7. The molecule has 0 saturated carbocycles. The minimum absolute atomic E-state index is 0.299. The highest BCUT2D eigenvalue weighted by Crippen LogP contribution is 2.32. The molecule has 0 bridgehead atoms. The Kier molecular flexibility index (Phi) is 6.22. The van der Waals surface area contributed by atoms with E-state index in [1.807, 2.05) is 6.07 Å². The molecule has 0 aliphatic carbocycles. The van der Waals surface area contributed by atoms with E-state index in [-0.39, 0.29) is 0 Å². The van der Waals surface area contributed by atoms with Crippen molar-refractivity contribution in [3.8, 4) is 11.6 Å². The maximum atomic E-state index is 13.1. The maximum absolute atomic E-state index is 13.1. The lowest BCUT2D eigenvalue weighted by molar-refractivity contribution is -0.137. The van der Waals surface area contributed by atoms with Gasteiger partial charge in [-0.1, -0.05) is 18.9 Å². The first-order valence-electron chi connectivity index (χ1n) is 10.4. The zero-order valence-corrected chi connectivity index (χ0v) is 16.7. The number of nitrogens with zero attached hydrogens (tertiary/aromatic N) is 4. The predicted molar refractivity (Wildman–Crippen MR) is 109 cm³/mol. The number of alkyl halides is 3. The number of rotatable bonds is 6. The molecule has 8 heteroatoms. The van der Waals surface area contributed by atoms with Crippen LogP contribution in [0.2, 0.25) is 0 Å². The van der Waals surface area contributed by atoms with Crippen molar-refractivity contribution in [3.05, 3.63) is 48.2 Å². The summed E-state index contributed by atoms with van der Waals surface area (Å²) in [5.74, 6) is 0.395. The summed E-state index contributed by atoms with van der Waals surface area (Å²) in [4.78, 5) is 6.78. The molecule has 1 fully saturated rings. The van der Waals surface area contributed by atoms with Gasteiger partial charge in [0, 0.05) is 12.7 Å². The second kappa shape index (κ2) is 9.04. The van der Waals surface area contributed by atoms with Gasteiger partial charge in [0.15, 0.2) is 5.65 Å². The fourth-order valence-electron chi connectivity index (χ4n) is 3.84. The third-order valence-corrected chi connectivity index (χ3v) is 5.38. The molecule has 1 aromatic carbocycles. The Bertz CT molecular complexity index is 978. The number of aromatic nitrogens is 3. The highest BCUT2D eigenvalue weighted by Gasteiger charge is 2.30. The fraction of sp³-hybridized carbons (Fsp3) is 0.455. The van der Waals surface area contributed by atoms with Crippen LogP contribution in [0.25, 0.3) is 16.7 Å². The average Bonchev–Trinajstić information content (AvgIpc) is 2.91. The van der Waals surface area contributed by atoms with Gasteiger partial charge < -0.3 is 9.64 Å². The minimum Gasteiger partial charge on any atom is -0.476 e. The summed E-state index contributed by atoms with van der Waals surface area (Å²) in [6.45, 7) is 3.75. The highest BCUT2D eigenvalue weighted by molar-refractivity contribution is 5.82. The van der Waals surface area contributed by atoms with Crippen LogP contribution < -0.4 is 4.74 Å². The van der Waals surface area contributed by atoms with Crippen molar-refractivity contribution in [2.24, 2.45) is 0 Å². The molecule has 5 nitrogen and oxygen atoms in total. The van der Waals surface area contributed by atoms with Gasteiger partial charge in [0.25, 0.3) is 0 Å². The number of pyridine rings is 1. The van der Waals surface area contributed by atoms with Crippen molar-refractivity contribution in [2.75, 3.05) is 26.2 Å². The van der Waals surface area contributed by atoms with Crippen LogP contribution >= 0.6 is 0 Å². The Hall–Kier alpha value is -2.61. The number of hydrogen-bond donors (Lipinski definition) is 0. The predicted octanol–water partition coefficient (Wildman–Crippen LogP) is 5.08. The summed E-state index contributed by atoms with van der Waals surface area (Å²) >= 11 is 0. The molecule has 3 heterocycles. The SMILES string of the molecule is FC(F)(F)c1cccc(-n2nc(OCCCN3CCCCCC3)c3cccnc32)c1. The summed E-state index contributed by atoms with van der Waals surface area (Å²) in [7, 11) is 0. The molecule has 0 amide bonds. The molecule has 0 unspecified atom stereocenters. The van der Waals surface area contributed by atoms with Gasteiger partial charge in [0.1, 0.15) is 0 Å². The van der Waals surface area contributed by atoms with E-state index in [9.17, 15) is 13.2 Å². The summed E-state index contributed by atoms with van der Waals surface area (Å²) in [6.07, 6.45) is 3.16. The van der Waals surface area contributed by atoms with Crippen LogP contribution in [0.4, 0.5) is 13.2 Å². The van der Waals surface area contributed by atoms with E-state index in [0.717, 1.165) is 38.2 Å². The van der Waals surface area contributed by atoms with Gasteiger partial charge in [0.05, 0.1) is 23.2 Å². The van der Waals surface area contributed by atoms with Gasteiger partial charge in [0.2, 0.25) is 5.88 Å². The molecule has 1 aliphatic rings. The third kappa shape index (κ3) is 4.75. The Labute approximate surface area is 173 Å². The van der Waals surface area contributed by atoms with Gasteiger partial charge >= 0.3 is 6.18 Å². The summed E-state index contributed by atoms with van der Waals surface area (Å²) in [5, 5.41) is 5.12. The average molecular weight is 418 g/mol.